The second-order valence-corrected chi connectivity index (χ2v) is 7.29. The molecule has 0 atom stereocenters. The van der Waals surface area contributed by atoms with E-state index < -0.39 is 0 Å². The van der Waals surface area contributed by atoms with Crippen LogP contribution in [-0.4, -0.2) is 40.0 Å². The third-order valence-corrected chi connectivity index (χ3v) is 5.49. The van der Waals surface area contributed by atoms with E-state index in [4.69, 9.17) is 4.98 Å². The minimum absolute atomic E-state index is 0.744. The largest absolute Gasteiger partial charge is 0.353 e. The number of anilines is 1. The summed E-state index contributed by atoms with van der Waals surface area (Å²) in [6.45, 7) is 3.21. The number of fused-ring (bicyclic) bond motifs is 1. The van der Waals surface area contributed by atoms with Gasteiger partial charge in [-0.15, -0.1) is 11.3 Å². The second-order valence-electron chi connectivity index (χ2n) is 5.19. The molecule has 0 unspecified atom stereocenters. The lowest BCUT2D eigenvalue weighted by atomic mass is 10.3. The van der Waals surface area contributed by atoms with Gasteiger partial charge in [-0.05, 0) is 12.8 Å². The molecular formula is C13H18N4S2. The van der Waals surface area contributed by atoms with Crippen molar-refractivity contribution in [1.82, 2.24) is 14.7 Å². The molecule has 0 aromatic carbocycles. The van der Waals surface area contributed by atoms with Crippen LogP contribution in [0.2, 0.25) is 0 Å². The van der Waals surface area contributed by atoms with Crippen LogP contribution in [0.1, 0.15) is 18.5 Å². The van der Waals surface area contributed by atoms with E-state index in [0.717, 1.165) is 30.6 Å². The average Bonchev–Trinajstić information content (AvgIpc) is 3.05. The zero-order chi connectivity index (χ0) is 12.7. The molecule has 1 saturated carbocycles. The summed E-state index contributed by atoms with van der Waals surface area (Å²) in [6, 6.07) is 0.744. The van der Waals surface area contributed by atoms with Gasteiger partial charge >= 0.3 is 0 Å². The van der Waals surface area contributed by atoms with Gasteiger partial charge in [-0.1, -0.05) is 0 Å². The maximum Gasteiger partial charge on any atom is 0.195 e. The standard InChI is InChI=1S/C13H18N4S2/c1-2-10(1)14-9-11-12(16-3-6-18-7-4-16)15-13-17(11)5-8-19-13/h5,8,10,14H,1-4,6-7,9H2. The Balaban J connectivity index is 1.66. The van der Waals surface area contributed by atoms with E-state index in [9.17, 15) is 0 Å². The molecule has 0 bridgehead atoms. The van der Waals surface area contributed by atoms with Crippen LogP contribution in [0.5, 0.6) is 0 Å². The second kappa shape index (κ2) is 5.00. The molecule has 6 heteroatoms. The summed E-state index contributed by atoms with van der Waals surface area (Å²) in [5, 5.41) is 5.76. The highest BCUT2D eigenvalue weighted by atomic mass is 32.2. The Labute approximate surface area is 121 Å². The van der Waals surface area contributed by atoms with Gasteiger partial charge in [-0.25, -0.2) is 4.98 Å². The van der Waals surface area contributed by atoms with E-state index in [0.29, 0.717) is 0 Å². The number of nitrogens with zero attached hydrogens (tertiary/aromatic N) is 3. The van der Waals surface area contributed by atoms with Crippen LogP contribution in [0, 0.1) is 0 Å². The Bertz CT molecular complexity index is 566. The van der Waals surface area contributed by atoms with Crippen molar-refractivity contribution in [1.29, 1.82) is 0 Å². The summed E-state index contributed by atoms with van der Waals surface area (Å²) < 4.78 is 2.26. The van der Waals surface area contributed by atoms with Crippen molar-refractivity contribution in [3.05, 3.63) is 17.3 Å². The van der Waals surface area contributed by atoms with Gasteiger partial charge in [0.05, 0.1) is 5.69 Å². The lowest BCUT2D eigenvalue weighted by Gasteiger charge is -2.27. The summed E-state index contributed by atoms with van der Waals surface area (Å²) in [7, 11) is 0. The first kappa shape index (κ1) is 12.1. The predicted molar refractivity (Wildman–Crippen MR) is 82.5 cm³/mol. The highest BCUT2D eigenvalue weighted by Crippen LogP contribution is 2.28. The third-order valence-electron chi connectivity index (χ3n) is 3.79. The monoisotopic (exact) mass is 294 g/mol. The number of imidazole rings is 1. The summed E-state index contributed by atoms with van der Waals surface area (Å²) in [6.07, 6.45) is 4.82. The van der Waals surface area contributed by atoms with Crippen LogP contribution in [0.25, 0.3) is 4.96 Å². The lowest BCUT2D eigenvalue weighted by Crippen LogP contribution is -2.34. The average molecular weight is 294 g/mol. The van der Waals surface area contributed by atoms with Gasteiger partial charge in [0.15, 0.2) is 10.8 Å². The molecule has 1 aliphatic heterocycles. The Morgan fingerprint density at radius 2 is 2.16 bits per heavy atom. The minimum atomic E-state index is 0.744. The van der Waals surface area contributed by atoms with Crippen molar-refractivity contribution in [3.63, 3.8) is 0 Å². The molecule has 2 aromatic heterocycles. The van der Waals surface area contributed by atoms with Gasteiger partial charge in [0.1, 0.15) is 0 Å². The van der Waals surface area contributed by atoms with Crippen LogP contribution in [-0.2, 0) is 6.54 Å². The summed E-state index contributed by atoms with van der Waals surface area (Å²) in [4.78, 5) is 8.44. The first-order valence-corrected chi connectivity index (χ1v) is 8.96. The molecule has 0 radical (unpaired) electrons. The molecule has 2 fully saturated rings. The molecule has 1 saturated heterocycles. The number of hydrogen-bond acceptors (Lipinski definition) is 5. The number of nitrogens with one attached hydrogen (secondary N) is 1. The van der Waals surface area contributed by atoms with Crippen molar-refractivity contribution in [2.45, 2.75) is 25.4 Å². The molecule has 1 N–H and O–H groups in total. The first-order chi connectivity index (χ1) is 9.42. The highest BCUT2D eigenvalue weighted by Gasteiger charge is 2.24. The Hall–Kier alpha value is -0.720. The fourth-order valence-corrected chi connectivity index (χ4v) is 4.17. The molecule has 102 valence electrons. The summed E-state index contributed by atoms with van der Waals surface area (Å²) in [5.41, 5.74) is 1.34. The maximum absolute atomic E-state index is 4.85. The van der Waals surface area contributed by atoms with E-state index in [1.165, 1.54) is 35.9 Å². The molecule has 3 heterocycles. The molecule has 2 aliphatic rings. The van der Waals surface area contributed by atoms with Crippen LogP contribution in [0.15, 0.2) is 11.6 Å². The zero-order valence-electron chi connectivity index (χ0n) is 10.8. The number of hydrogen-bond donors (Lipinski definition) is 1. The van der Waals surface area contributed by atoms with Crippen molar-refractivity contribution >= 4 is 33.9 Å². The summed E-state index contributed by atoms with van der Waals surface area (Å²) in [5.74, 6) is 3.65. The first-order valence-electron chi connectivity index (χ1n) is 6.92. The van der Waals surface area contributed by atoms with Gasteiger partial charge in [-0.3, -0.25) is 4.40 Å². The quantitative estimate of drug-likeness (QED) is 0.937. The van der Waals surface area contributed by atoms with Crippen molar-refractivity contribution in [2.24, 2.45) is 0 Å². The van der Waals surface area contributed by atoms with Gasteiger partial charge in [0.2, 0.25) is 0 Å². The molecular weight excluding hydrogens is 276 g/mol. The van der Waals surface area contributed by atoms with E-state index >= 15 is 0 Å². The lowest BCUT2D eigenvalue weighted by molar-refractivity contribution is 0.667. The molecule has 4 rings (SSSR count). The van der Waals surface area contributed by atoms with E-state index in [1.807, 2.05) is 11.8 Å². The zero-order valence-corrected chi connectivity index (χ0v) is 12.5. The van der Waals surface area contributed by atoms with Crippen LogP contribution in [0.4, 0.5) is 5.82 Å². The van der Waals surface area contributed by atoms with Crippen molar-refractivity contribution in [2.75, 3.05) is 29.5 Å². The fraction of sp³-hybridized carbons (Fsp3) is 0.615. The van der Waals surface area contributed by atoms with Crippen LogP contribution < -0.4 is 10.2 Å². The van der Waals surface area contributed by atoms with Gasteiger partial charge in [0.25, 0.3) is 0 Å². The third kappa shape index (κ3) is 2.37. The van der Waals surface area contributed by atoms with Gasteiger partial charge in [0, 0.05) is 48.8 Å². The normalized spacial score (nSPS) is 20.3. The molecule has 0 amide bonds. The van der Waals surface area contributed by atoms with E-state index in [1.54, 1.807) is 11.3 Å². The number of rotatable bonds is 4. The van der Waals surface area contributed by atoms with Crippen LogP contribution in [0.3, 0.4) is 0 Å². The van der Waals surface area contributed by atoms with Crippen molar-refractivity contribution < 1.29 is 0 Å². The molecule has 2 aromatic rings. The fourth-order valence-electron chi connectivity index (χ4n) is 2.54. The van der Waals surface area contributed by atoms with Crippen molar-refractivity contribution in [3.8, 4) is 0 Å². The van der Waals surface area contributed by atoms with Gasteiger partial charge < -0.3 is 10.2 Å². The Morgan fingerprint density at radius 3 is 2.95 bits per heavy atom. The highest BCUT2D eigenvalue weighted by molar-refractivity contribution is 7.99. The smallest absolute Gasteiger partial charge is 0.195 e. The minimum Gasteiger partial charge on any atom is -0.353 e. The SMILES string of the molecule is c1cn2c(CNC3CC3)c(N3CCSCC3)nc2s1. The number of thioether (sulfide) groups is 1. The predicted octanol–water partition coefficient (Wildman–Crippen LogP) is 2.20. The Morgan fingerprint density at radius 1 is 1.32 bits per heavy atom. The number of thiazole rings is 1. The topological polar surface area (TPSA) is 32.6 Å². The Kier molecular flexibility index (Phi) is 3.17. The van der Waals surface area contributed by atoms with E-state index in [2.05, 4.69) is 26.2 Å². The van der Waals surface area contributed by atoms with E-state index in [-0.39, 0.29) is 0 Å². The molecule has 4 nitrogen and oxygen atoms in total. The van der Waals surface area contributed by atoms with Gasteiger partial charge in [-0.2, -0.15) is 11.8 Å². The molecule has 1 aliphatic carbocycles. The maximum atomic E-state index is 4.85. The number of aromatic nitrogens is 2. The summed E-state index contributed by atoms with van der Waals surface area (Å²) >= 11 is 3.78. The van der Waals surface area contributed by atoms with Crippen LogP contribution >= 0.6 is 23.1 Å². The molecule has 0 spiro atoms. The molecule has 19 heavy (non-hydrogen) atoms.